The number of amides is 1. The molecule has 1 aliphatic heterocycles. The predicted molar refractivity (Wildman–Crippen MR) is 115 cm³/mol. The fourth-order valence-corrected chi connectivity index (χ4v) is 4.86. The number of hydrogen-bond donors (Lipinski definition) is 1. The van der Waals surface area contributed by atoms with Gasteiger partial charge in [0.15, 0.2) is 10.9 Å². The van der Waals surface area contributed by atoms with Crippen LogP contribution in [0, 0.1) is 11.6 Å². The first-order chi connectivity index (χ1) is 14.1. The van der Waals surface area contributed by atoms with Crippen LogP contribution >= 0.6 is 22.7 Å². The van der Waals surface area contributed by atoms with E-state index in [1.54, 1.807) is 17.4 Å². The number of nitrogens with one attached hydrogen (secondary N) is 1. The van der Waals surface area contributed by atoms with Gasteiger partial charge in [0.1, 0.15) is 11.3 Å². The van der Waals surface area contributed by atoms with Crippen molar-refractivity contribution in [1.29, 1.82) is 0 Å². The van der Waals surface area contributed by atoms with E-state index in [0.717, 1.165) is 48.8 Å². The number of rotatable bonds is 6. The van der Waals surface area contributed by atoms with Crippen LogP contribution in [0.4, 0.5) is 13.9 Å². The van der Waals surface area contributed by atoms with E-state index in [2.05, 4.69) is 20.1 Å². The van der Waals surface area contributed by atoms with Crippen LogP contribution in [0.3, 0.4) is 0 Å². The second-order valence-electron chi connectivity index (χ2n) is 6.70. The van der Waals surface area contributed by atoms with Crippen LogP contribution in [0.2, 0.25) is 0 Å². The third kappa shape index (κ3) is 4.98. The summed E-state index contributed by atoms with van der Waals surface area (Å²) in [5.41, 5.74) is 0.229. The lowest BCUT2D eigenvalue weighted by molar-refractivity contribution is -0.116. The third-order valence-corrected chi connectivity index (χ3v) is 6.61. The Balaban J connectivity index is 1.23. The van der Waals surface area contributed by atoms with Crippen LogP contribution in [0.25, 0.3) is 16.3 Å². The average Bonchev–Trinajstić information content (AvgIpc) is 3.37. The van der Waals surface area contributed by atoms with E-state index < -0.39 is 11.6 Å². The maximum Gasteiger partial charge on any atom is 0.244 e. The summed E-state index contributed by atoms with van der Waals surface area (Å²) in [7, 11) is 0. The zero-order valence-electron chi connectivity index (χ0n) is 15.6. The van der Waals surface area contributed by atoms with E-state index >= 15 is 0 Å². The number of benzene rings is 1. The van der Waals surface area contributed by atoms with Crippen LogP contribution in [-0.4, -0.2) is 55.1 Å². The van der Waals surface area contributed by atoms with Crippen LogP contribution in [0.15, 0.2) is 35.7 Å². The summed E-state index contributed by atoms with van der Waals surface area (Å²) in [6, 6.07) is 6.11. The van der Waals surface area contributed by atoms with Gasteiger partial charge in [-0.2, -0.15) is 0 Å². The van der Waals surface area contributed by atoms with Crippen molar-refractivity contribution < 1.29 is 13.6 Å². The topological polar surface area (TPSA) is 48.5 Å². The first-order valence-electron chi connectivity index (χ1n) is 9.31. The summed E-state index contributed by atoms with van der Waals surface area (Å²) < 4.78 is 27.8. The molecule has 4 rings (SSSR count). The highest BCUT2D eigenvalue weighted by Crippen LogP contribution is 2.31. The molecule has 0 bridgehead atoms. The lowest BCUT2D eigenvalue weighted by Gasteiger charge is -2.34. The molecule has 0 spiro atoms. The molecule has 0 aliphatic carbocycles. The van der Waals surface area contributed by atoms with Crippen LogP contribution < -0.4 is 10.2 Å². The molecule has 1 aromatic carbocycles. The number of halogens is 2. The Labute approximate surface area is 175 Å². The Morgan fingerprint density at radius 2 is 2.07 bits per heavy atom. The molecular weight excluding hydrogens is 414 g/mol. The van der Waals surface area contributed by atoms with E-state index in [1.807, 2.05) is 23.6 Å². The van der Waals surface area contributed by atoms with E-state index in [4.69, 9.17) is 0 Å². The van der Waals surface area contributed by atoms with Gasteiger partial charge in [0, 0.05) is 56.3 Å². The average molecular weight is 435 g/mol. The molecule has 1 amide bonds. The van der Waals surface area contributed by atoms with Crippen molar-refractivity contribution in [2.45, 2.75) is 0 Å². The van der Waals surface area contributed by atoms with Crippen LogP contribution in [0.5, 0.6) is 0 Å². The van der Waals surface area contributed by atoms with Gasteiger partial charge >= 0.3 is 0 Å². The normalized spacial score (nSPS) is 15.4. The fraction of sp³-hybridized carbons (Fsp3) is 0.300. The highest BCUT2D eigenvalue weighted by atomic mass is 32.1. The first-order valence-corrected chi connectivity index (χ1v) is 11.0. The SMILES string of the molecule is O=C(/C=C/c1cccs1)NCCN1CCN(c2nc3c(F)cc(F)cc3s2)CC1. The summed E-state index contributed by atoms with van der Waals surface area (Å²) >= 11 is 2.90. The van der Waals surface area contributed by atoms with Gasteiger partial charge < -0.3 is 10.2 Å². The standard InChI is InChI=1S/C20H20F2N4OS2/c21-14-12-16(22)19-17(13-14)29-20(24-19)26-9-7-25(8-10-26)6-5-23-18(27)4-3-15-2-1-11-28-15/h1-4,11-13H,5-10H2,(H,23,27)/b4-3+. The molecule has 1 fully saturated rings. The van der Waals surface area contributed by atoms with Gasteiger partial charge in [-0.25, -0.2) is 13.8 Å². The van der Waals surface area contributed by atoms with Crippen LogP contribution in [-0.2, 0) is 4.79 Å². The van der Waals surface area contributed by atoms with Gasteiger partial charge in [-0.3, -0.25) is 9.69 Å². The Hall–Kier alpha value is -2.36. The van der Waals surface area contributed by atoms with Gasteiger partial charge in [0.25, 0.3) is 0 Å². The second kappa shape index (κ2) is 8.98. The maximum atomic E-state index is 13.9. The highest BCUT2D eigenvalue weighted by Gasteiger charge is 2.20. The molecule has 5 nitrogen and oxygen atoms in total. The quantitative estimate of drug-likeness (QED) is 0.603. The number of carbonyl (C=O) groups excluding carboxylic acids is 1. The molecule has 29 heavy (non-hydrogen) atoms. The molecule has 0 radical (unpaired) electrons. The van der Waals surface area contributed by atoms with E-state index in [0.29, 0.717) is 11.2 Å². The van der Waals surface area contributed by atoms with Crippen molar-refractivity contribution >= 4 is 50.0 Å². The lowest BCUT2D eigenvalue weighted by Crippen LogP contribution is -2.48. The molecule has 152 valence electrons. The van der Waals surface area contributed by atoms with E-state index in [-0.39, 0.29) is 11.4 Å². The molecule has 0 unspecified atom stereocenters. The first kappa shape index (κ1) is 19.9. The summed E-state index contributed by atoms with van der Waals surface area (Å²) in [5, 5.41) is 5.59. The molecule has 3 heterocycles. The number of thiazole rings is 1. The fourth-order valence-electron chi connectivity index (χ4n) is 3.18. The molecule has 1 aliphatic rings. The number of anilines is 1. The minimum atomic E-state index is -0.620. The minimum absolute atomic E-state index is 0.0965. The zero-order chi connectivity index (χ0) is 20.2. The number of thiophene rings is 1. The zero-order valence-corrected chi connectivity index (χ0v) is 17.2. The van der Waals surface area contributed by atoms with Gasteiger partial charge in [-0.1, -0.05) is 17.4 Å². The summed E-state index contributed by atoms with van der Waals surface area (Å²) in [5.74, 6) is -1.30. The Bertz CT molecular complexity index is 1010. The Kier molecular flexibility index (Phi) is 6.17. The van der Waals surface area contributed by atoms with E-state index in [9.17, 15) is 13.6 Å². The molecule has 0 atom stereocenters. The van der Waals surface area contributed by atoms with Gasteiger partial charge in [-0.05, 0) is 23.6 Å². The Morgan fingerprint density at radius 3 is 2.83 bits per heavy atom. The monoisotopic (exact) mass is 434 g/mol. The number of aromatic nitrogens is 1. The summed E-state index contributed by atoms with van der Waals surface area (Å²) in [6.45, 7) is 4.53. The smallest absolute Gasteiger partial charge is 0.244 e. The number of fused-ring (bicyclic) bond motifs is 1. The van der Waals surface area contributed by atoms with Crippen molar-refractivity contribution in [3.63, 3.8) is 0 Å². The summed E-state index contributed by atoms with van der Waals surface area (Å²) in [4.78, 5) is 21.6. The number of hydrogen-bond acceptors (Lipinski definition) is 6. The highest BCUT2D eigenvalue weighted by molar-refractivity contribution is 7.22. The minimum Gasteiger partial charge on any atom is -0.351 e. The number of piperazine rings is 1. The molecule has 0 saturated carbocycles. The molecule has 2 aromatic heterocycles. The summed E-state index contributed by atoms with van der Waals surface area (Å²) in [6.07, 6.45) is 3.37. The van der Waals surface area contributed by atoms with Crippen LogP contribution in [0.1, 0.15) is 4.88 Å². The van der Waals surface area contributed by atoms with Gasteiger partial charge in [0.05, 0.1) is 4.70 Å². The molecule has 9 heteroatoms. The molecule has 1 N–H and O–H groups in total. The molecule has 3 aromatic rings. The maximum absolute atomic E-state index is 13.9. The van der Waals surface area contributed by atoms with Gasteiger partial charge in [-0.15, -0.1) is 11.3 Å². The molecule has 1 saturated heterocycles. The van der Waals surface area contributed by atoms with Crippen molar-refractivity contribution in [3.8, 4) is 0 Å². The number of carbonyl (C=O) groups is 1. The second-order valence-corrected chi connectivity index (χ2v) is 8.69. The van der Waals surface area contributed by atoms with Gasteiger partial charge in [0.2, 0.25) is 5.91 Å². The lowest BCUT2D eigenvalue weighted by atomic mass is 10.3. The van der Waals surface area contributed by atoms with Crippen molar-refractivity contribution in [2.24, 2.45) is 0 Å². The van der Waals surface area contributed by atoms with Crippen molar-refractivity contribution in [1.82, 2.24) is 15.2 Å². The Morgan fingerprint density at radius 1 is 1.24 bits per heavy atom. The van der Waals surface area contributed by atoms with Crippen molar-refractivity contribution in [2.75, 3.05) is 44.2 Å². The van der Waals surface area contributed by atoms with Crippen molar-refractivity contribution in [3.05, 3.63) is 52.2 Å². The predicted octanol–water partition coefficient (Wildman–Crippen LogP) is 3.59. The molecular formula is C20H20F2N4OS2. The third-order valence-electron chi connectivity index (χ3n) is 4.71. The van der Waals surface area contributed by atoms with E-state index in [1.165, 1.54) is 17.4 Å². The number of nitrogens with zero attached hydrogens (tertiary/aromatic N) is 3. The largest absolute Gasteiger partial charge is 0.351 e.